The van der Waals surface area contributed by atoms with E-state index in [9.17, 15) is 13.6 Å². The number of nitrogens with zero attached hydrogens (tertiary/aromatic N) is 4. The van der Waals surface area contributed by atoms with E-state index >= 15 is 0 Å². The monoisotopic (exact) mass is 367 g/mol. The number of nitrogens with one attached hydrogen (secondary N) is 1. The molecule has 0 spiro atoms. The molecule has 0 atom stereocenters. The van der Waals surface area contributed by atoms with Gasteiger partial charge in [0.05, 0.1) is 5.69 Å². The van der Waals surface area contributed by atoms with E-state index in [1.54, 1.807) is 29.9 Å². The van der Waals surface area contributed by atoms with Crippen LogP contribution in [0.3, 0.4) is 0 Å². The third-order valence-electron chi connectivity index (χ3n) is 4.38. The molecule has 0 aliphatic heterocycles. The van der Waals surface area contributed by atoms with Gasteiger partial charge >= 0.3 is 0 Å². The topological polar surface area (TPSA) is 75.9 Å². The van der Waals surface area contributed by atoms with Gasteiger partial charge in [-0.15, -0.1) is 0 Å². The van der Waals surface area contributed by atoms with E-state index in [-0.39, 0.29) is 17.5 Å². The molecule has 27 heavy (non-hydrogen) atoms. The minimum atomic E-state index is -0.606. The summed E-state index contributed by atoms with van der Waals surface area (Å²) < 4.78 is 29.5. The summed E-state index contributed by atoms with van der Waals surface area (Å²) in [6.45, 7) is 3.05. The zero-order valence-electron chi connectivity index (χ0n) is 14.6. The molecule has 136 valence electrons. The summed E-state index contributed by atoms with van der Waals surface area (Å²) in [7, 11) is 0. The van der Waals surface area contributed by atoms with E-state index in [1.807, 2.05) is 0 Å². The Labute approximate surface area is 152 Å². The van der Waals surface area contributed by atoms with E-state index in [1.165, 1.54) is 25.3 Å². The lowest BCUT2D eigenvalue weighted by atomic mass is 10.1. The molecule has 8 heteroatoms. The summed E-state index contributed by atoms with van der Waals surface area (Å²) in [6, 6.07) is 2.58. The molecule has 0 radical (unpaired) electrons. The van der Waals surface area contributed by atoms with Crippen molar-refractivity contribution in [2.75, 3.05) is 0 Å². The number of hydrogen-bond acceptors (Lipinski definition) is 4. The fourth-order valence-corrected chi connectivity index (χ4v) is 2.81. The van der Waals surface area contributed by atoms with Crippen molar-refractivity contribution >= 4 is 5.65 Å². The second-order valence-corrected chi connectivity index (χ2v) is 6.34. The average molecular weight is 367 g/mol. The number of halogens is 2. The summed E-state index contributed by atoms with van der Waals surface area (Å²) in [5.74, 6) is -0.904. The Bertz CT molecular complexity index is 1210. The first-order valence-electron chi connectivity index (χ1n) is 8.26. The van der Waals surface area contributed by atoms with Gasteiger partial charge in [0.25, 0.3) is 5.56 Å². The SMILES string of the molecule is Cc1c(F)cc(Cc2nc(-c3ncc(C)c(=O)[nH]3)cn3ccnc23)cc1F. The minimum absolute atomic E-state index is 0.0205. The quantitative estimate of drug-likeness (QED) is 0.604. The van der Waals surface area contributed by atoms with Gasteiger partial charge in [-0.2, -0.15) is 0 Å². The number of aromatic amines is 1. The maximum atomic E-state index is 13.9. The van der Waals surface area contributed by atoms with Gasteiger partial charge in [0, 0.05) is 42.3 Å². The summed E-state index contributed by atoms with van der Waals surface area (Å²) in [5.41, 5.74) is 2.17. The van der Waals surface area contributed by atoms with E-state index in [2.05, 4.69) is 19.9 Å². The highest BCUT2D eigenvalue weighted by atomic mass is 19.1. The van der Waals surface area contributed by atoms with Gasteiger partial charge in [-0.3, -0.25) is 4.79 Å². The molecule has 0 fully saturated rings. The lowest BCUT2D eigenvalue weighted by Crippen LogP contribution is -2.12. The third-order valence-corrected chi connectivity index (χ3v) is 4.38. The van der Waals surface area contributed by atoms with E-state index in [0.29, 0.717) is 34.0 Å². The molecule has 1 N–H and O–H groups in total. The Hall–Kier alpha value is -3.42. The first-order valence-corrected chi connectivity index (χ1v) is 8.26. The number of hydrogen-bond donors (Lipinski definition) is 1. The second-order valence-electron chi connectivity index (χ2n) is 6.34. The molecular formula is C19H15F2N5O. The van der Waals surface area contributed by atoms with Crippen LogP contribution in [0.15, 0.2) is 41.7 Å². The van der Waals surface area contributed by atoms with Gasteiger partial charge in [-0.1, -0.05) is 0 Å². The van der Waals surface area contributed by atoms with Gasteiger partial charge < -0.3 is 9.38 Å². The van der Waals surface area contributed by atoms with Crippen LogP contribution in [0.1, 0.15) is 22.4 Å². The van der Waals surface area contributed by atoms with Crippen LogP contribution in [0.25, 0.3) is 17.2 Å². The molecular weight excluding hydrogens is 352 g/mol. The van der Waals surface area contributed by atoms with Crippen LogP contribution in [0.2, 0.25) is 0 Å². The number of H-pyrrole nitrogens is 1. The fourth-order valence-electron chi connectivity index (χ4n) is 2.81. The highest BCUT2D eigenvalue weighted by Gasteiger charge is 2.14. The maximum Gasteiger partial charge on any atom is 0.254 e. The largest absolute Gasteiger partial charge is 0.305 e. The van der Waals surface area contributed by atoms with E-state index < -0.39 is 11.6 Å². The molecule has 0 amide bonds. The fraction of sp³-hybridized carbons (Fsp3) is 0.158. The molecule has 0 aliphatic rings. The molecule has 3 heterocycles. The van der Waals surface area contributed by atoms with Gasteiger partial charge in [0.2, 0.25) is 0 Å². The van der Waals surface area contributed by atoms with Gasteiger partial charge in [0.1, 0.15) is 17.3 Å². The molecule has 3 aromatic heterocycles. The second kappa shape index (κ2) is 6.39. The summed E-state index contributed by atoms with van der Waals surface area (Å²) in [6.07, 6.45) is 6.67. The Balaban J connectivity index is 1.84. The van der Waals surface area contributed by atoms with Gasteiger partial charge in [-0.05, 0) is 31.5 Å². The molecule has 0 saturated heterocycles. The van der Waals surface area contributed by atoms with Crippen molar-refractivity contribution in [1.29, 1.82) is 0 Å². The lowest BCUT2D eigenvalue weighted by Gasteiger charge is -2.09. The van der Waals surface area contributed by atoms with Crippen LogP contribution in [0.5, 0.6) is 0 Å². The minimum Gasteiger partial charge on any atom is -0.305 e. The van der Waals surface area contributed by atoms with E-state index in [0.717, 1.165) is 0 Å². The lowest BCUT2D eigenvalue weighted by molar-refractivity contribution is 0.565. The van der Waals surface area contributed by atoms with Crippen molar-refractivity contribution in [1.82, 2.24) is 24.3 Å². The zero-order chi connectivity index (χ0) is 19.1. The highest BCUT2D eigenvalue weighted by molar-refractivity contribution is 5.55. The van der Waals surface area contributed by atoms with Crippen molar-refractivity contribution < 1.29 is 8.78 Å². The Morgan fingerprint density at radius 3 is 2.59 bits per heavy atom. The maximum absolute atomic E-state index is 13.9. The summed E-state index contributed by atoms with van der Waals surface area (Å²) in [5, 5.41) is 0. The smallest absolute Gasteiger partial charge is 0.254 e. The Kier molecular flexibility index (Phi) is 4.02. The standard InChI is InChI=1S/C19H15F2N5O/c1-10-8-23-17(25-19(10)27)16-9-26-4-3-22-18(26)15(24-16)7-12-5-13(20)11(2)14(21)6-12/h3-6,8-9H,7H2,1-2H3,(H,23,25,27). The number of benzene rings is 1. The van der Waals surface area contributed by atoms with Crippen LogP contribution in [-0.2, 0) is 6.42 Å². The van der Waals surface area contributed by atoms with Crippen LogP contribution in [0, 0.1) is 25.5 Å². The first-order chi connectivity index (χ1) is 12.9. The van der Waals surface area contributed by atoms with Crippen molar-refractivity contribution in [3.63, 3.8) is 0 Å². The number of fused-ring (bicyclic) bond motifs is 1. The molecule has 0 aliphatic carbocycles. The molecule has 0 saturated carbocycles. The average Bonchev–Trinajstić information content (AvgIpc) is 3.11. The number of aryl methyl sites for hydroxylation is 1. The summed E-state index contributed by atoms with van der Waals surface area (Å²) in [4.78, 5) is 27.6. The molecule has 1 aromatic carbocycles. The van der Waals surface area contributed by atoms with Crippen molar-refractivity contribution in [2.45, 2.75) is 20.3 Å². The van der Waals surface area contributed by atoms with Crippen LogP contribution in [-0.4, -0.2) is 24.3 Å². The predicted octanol–water partition coefficient (Wildman–Crippen LogP) is 2.97. The van der Waals surface area contributed by atoms with Crippen molar-refractivity contribution in [3.05, 3.63) is 81.3 Å². The summed E-state index contributed by atoms with van der Waals surface area (Å²) >= 11 is 0. The van der Waals surface area contributed by atoms with Crippen LogP contribution < -0.4 is 5.56 Å². The van der Waals surface area contributed by atoms with Crippen LogP contribution in [0.4, 0.5) is 8.78 Å². The Morgan fingerprint density at radius 2 is 1.89 bits per heavy atom. The van der Waals surface area contributed by atoms with E-state index in [4.69, 9.17) is 0 Å². The molecule has 0 unspecified atom stereocenters. The molecule has 4 rings (SSSR count). The zero-order valence-corrected chi connectivity index (χ0v) is 14.6. The van der Waals surface area contributed by atoms with Crippen LogP contribution >= 0.6 is 0 Å². The van der Waals surface area contributed by atoms with Gasteiger partial charge in [0.15, 0.2) is 11.5 Å². The predicted molar refractivity (Wildman–Crippen MR) is 95.5 cm³/mol. The number of rotatable bonds is 3. The third kappa shape index (κ3) is 3.10. The molecule has 4 aromatic rings. The Morgan fingerprint density at radius 1 is 1.15 bits per heavy atom. The number of imidazole rings is 1. The normalized spacial score (nSPS) is 11.3. The number of aromatic nitrogens is 5. The van der Waals surface area contributed by atoms with Crippen molar-refractivity contribution in [2.24, 2.45) is 0 Å². The highest BCUT2D eigenvalue weighted by Crippen LogP contribution is 2.20. The first kappa shape index (κ1) is 17.0. The van der Waals surface area contributed by atoms with Crippen molar-refractivity contribution in [3.8, 4) is 11.5 Å². The molecule has 6 nitrogen and oxygen atoms in total. The van der Waals surface area contributed by atoms with Gasteiger partial charge in [-0.25, -0.2) is 23.7 Å². The molecule has 0 bridgehead atoms.